The van der Waals surface area contributed by atoms with Gasteiger partial charge in [-0.25, -0.2) is 0 Å². The van der Waals surface area contributed by atoms with E-state index in [0.29, 0.717) is 0 Å². The summed E-state index contributed by atoms with van der Waals surface area (Å²) in [5.41, 5.74) is 2.72. The molecule has 0 bridgehead atoms. The summed E-state index contributed by atoms with van der Waals surface area (Å²) in [4.78, 5) is 2.35. The molecule has 0 atom stereocenters. The highest BCUT2D eigenvalue weighted by Gasteiger charge is 2.00. The molecule has 0 aliphatic heterocycles. The van der Waals surface area contributed by atoms with Crippen LogP contribution in [0.4, 0.5) is 0 Å². The highest BCUT2D eigenvalue weighted by molar-refractivity contribution is 5.21. The van der Waals surface area contributed by atoms with Gasteiger partial charge < -0.3 is 15.0 Å². The maximum absolute atomic E-state index is 5.51. The van der Waals surface area contributed by atoms with Crippen LogP contribution in [0.25, 0.3) is 0 Å². The van der Waals surface area contributed by atoms with E-state index in [9.17, 15) is 0 Å². The molecule has 20 heavy (non-hydrogen) atoms. The molecule has 0 spiro atoms. The van der Waals surface area contributed by atoms with E-state index in [1.165, 1.54) is 24.0 Å². The fourth-order valence-electron chi connectivity index (χ4n) is 2.09. The van der Waals surface area contributed by atoms with Crippen LogP contribution < -0.4 is 5.32 Å². The number of nitrogens with one attached hydrogen (secondary N) is 1. The second-order valence-corrected chi connectivity index (χ2v) is 5.44. The van der Waals surface area contributed by atoms with Crippen molar-refractivity contribution in [1.29, 1.82) is 0 Å². The van der Waals surface area contributed by atoms with Crippen molar-refractivity contribution in [2.45, 2.75) is 33.2 Å². The molecular weight excluding hydrogens is 248 g/mol. The molecule has 1 rings (SSSR count). The molecule has 0 fully saturated rings. The maximum atomic E-state index is 5.51. The normalized spacial score (nSPS) is 11.2. The number of nitrogens with zero attached hydrogens (tertiary/aromatic N) is 1. The molecule has 0 aliphatic carbocycles. The van der Waals surface area contributed by atoms with Gasteiger partial charge in [0, 0.05) is 32.8 Å². The van der Waals surface area contributed by atoms with E-state index in [-0.39, 0.29) is 0 Å². The third-order valence-electron chi connectivity index (χ3n) is 3.27. The van der Waals surface area contributed by atoms with Crippen LogP contribution in [0.5, 0.6) is 0 Å². The molecule has 1 N–H and O–H groups in total. The Morgan fingerprint density at radius 2 is 2.05 bits per heavy atom. The van der Waals surface area contributed by atoms with Crippen molar-refractivity contribution in [3.63, 3.8) is 0 Å². The summed E-state index contributed by atoms with van der Waals surface area (Å²) in [6.07, 6.45) is 2.37. The lowest BCUT2D eigenvalue weighted by Gasteiger charge is -2.17. The molecule has 0 unspecified atom stereocenters. The lowest BCUT2D eigenvalue weighted by atomic mass is 10.1. The Hall–Kier alpha value is -0.900. The monoisotopic (exact) mass is 278 g/mol. The average molecular weight is 278 g/mol. The highest BCUT2D eigenvalue weighted by atomic mass is 16.5. The van der Waals surface area contributed by atoms with Gasteiger partial charge in [0.2, 0.25) is 0 Å². The predicted molar refractivity (Wildman–Crippen MR) is 86.1 cm³/mol. The highest BCUT2D eigenvalue weighted by Crippen LogP contribution is 2.05. The molecule has 0 aromatic heterocycles. The Morgan fingerprint density at radius 3 is 2.80 bits per heavy atom. The molecule has 0 radical (unpaired) electrons. The van der Waals surface area contributed by atoms with Gasteiger partial charge in [-0.1, -0.05) is 43.2 Å². The standard InChI is InChI=1S/C17H30N2O/c1-4-5-12-20-13-10-18-9-11-19(3)15-17-8-6-7-16(2)14-17/h6-8,14,18H,4-5,9-13,15H2,1-3H3. The quantitative estimate of drug-likeness (QED) is 0.630. The Bertz CT molecular complexity index is 355. The van der Waals surface area contributed by atoms with Crippen LogP contribution in [0.1, 0.15) is 30.9 Å². The molecule has 0 aliphatic rings. The van der Waals surface area contributed by atoms with Gasteiger partial charge in [-0.05, 0) is 26.0 Å². The van der Waals surface area contributed by atoms with Crippen LogP contribution >= 0.6 is 0 Å². The van der Waals surface area contributed by atoms with Gasteiger partial charge in [0.25, 0.3) is 0 Å². The zero-order valence-electron chi connectivity index (χ0n) is 13.3. The van der Waals surface area contributed by atoms with Crippen molar-refractivity contribution >= 4 is 0 Å². The third-order valence-corrected chi connectivity index (χ3v) is 3.27. The van der Waals surface area contributed by atoms with Crippen LogP contribution in [0, 0.1) is 6.92 Å². The van der Waals surface area contributed by atoms with Gasteiger partial charge in [-0.3, -0.25) is 0 Å². The first-order valence-corrected chi connectivity index (χ1v) is 7.75. The van der Waals surface area contributed by atoms with E-state index >= 15 is 0 Å². The Labute approximate surface area is 124 Å². The molecule has 1 aromatic carbocycles. The number of unbranched alkanes of at least 4 members (excludes halogenated alkanes) is 1. The minimum atomic E-state index is 0.821. The van der Waals surface area contributed by atoms with E-state index in [0.717, 1.165) is 39.4 Å². The second-order valence-electron chi connectivity index (χ2n) is 5.44. The zero-order chi connectivity index (χ0) is 14.6. The van der Waals surface area contributed by atoms with Gasteiger partial charge in [-0.15, -0.1) is 0 Å². The molecule has 3 heteroatoms. The molecule has 0 saturated heterocycles. The minimum Gasteiger partial charge on any atom is -0.380 e. The summed E-state index contributed by atoms with van der Waals surface area (Å²) in [5.74, 6) is 0. The van der Waals surface area contributed by atoms with Crippen LogP contribution in [0.2, 0.25) is 0 Å². The van der Waals surface area contributed by atoms with Crippen LogP contribution in [0.15, 0.2) is 24.3 Å². The van der Waals surface area contributed by atoms with Gasteiger partial charge >= 0.3 is 0 Å². The van der Waals surface area contributed by atoms with Gasteiger partial charge in [0.05, 0.1) is 6.61 Å². The Balaban J connectivity index is 2.01. The number of hydrogen-bond donors (Lipinski definition) is 1. The largest absolute Gasteiger partial charge is 0.380 e. The summed E-state index contributed by atoms with van der Waals surface area (Å²) in [7, 11) is 2.17. The van der Waals surface area contributed by atoms with Crippen molar-refractivity contribution in [3.05, 3.63) is 35.4 Å². The fourth-order valence-corrected chi connectivity index (χ4v) is 2.09. The van der Waals surface area contributed by atoms with E-state index in [1.807, 2.05) is 0 Å². The van der Waals surface area contributed by atoms with Gasteiger partial charge in [0.15, 0.2) is 0 Å². The number of rotatable bonds is 11. The summed E-state index contributed by atoms with van der Waals surface area (Å²) >= 11 is 0. The van der Waals surface area contributed by atoms with Crippen molar-refractivity contribution in [2.75, 3.05) is 39.9 Å². The number of likely N-dealkylation sites (N-methyl/N-ethyl adjacent to an activating group) is 1. The van der Waals surface area contributed by atoms with Crippen molar-refractivity contribution in [1.82, 2.24) is 10.2 Å². The predicted octanol–water partition coefficient (Wildman–Crippen LogP) is 2.83. The number of aryl methyl sites for hydroxylation is 1. The molecule has 3 nitrogen and oxygen atoms in total. The SMILES string of the molecule is CCCCOCCNCCN(C)Cc1cccc(C)c1. The average Bonchev–Trinajstić information content (AvgIpc) is 2.42. The number of ether oxygens (including phenoxy) is 1. The summed E-state index contributed by atoms with van der Waals surface area (Å²) in [6, 6.07) is 8.72. The zero-order valence-corrected chi connectivity index (χ0v) is 13.3. The summed E-state index contributed by atoms with van der Waals surface area (Å²) in [6.45, 7) is 10.1. The van der Waals surface area contributed by atoms with Crippen molar-refractivity contribution in [3.8, 4) is 0 Å². The third kappa shape index (κ3) is 8.31. The van der Waals surface area contributed by atoms with Crippen LogP contribution in [0.3, 0.4) is 0 Å². The molecule has 0 saturated carbocycles. The first-order chi connectivity index (χ1) is 9.72. The topological polar surface area (TPSA) is 24.5 Å². The first kappa shape index (κ1) is 17.2. The smallest absolute Gasteiger partial charge is 0.0590 e. The fraction of sp³-hybridized carbons (Fsp3) is 0.647. The molecule has 0 amide bonds. The maximum Gasteiger partial charge on any atom is 0.0590 e. The lowest BCUT2D eigenvalue weighted by Crippen LogP contribution is -2.30. The Kier molecular flexibility index (Phi) is 9.29. The van der Waals surface area contributed by atoms with Crippen LogP contribution in [-0.2, 0) is 11.3 Å². The Morgan fingerprint density at radius 1 is 1.20 bits per heavy atom. The van der Waals surface area contributed by atoms with Crippen molar-refractivity contribution in [2.24, 2.45) is 0 Å². The second kappa shape index (κ2) is 10.8. The number of hydrogen-bond acceptors (Lipinski definition) is 3. The molecular formula is C17H30N2O. The van der Waals surface area contributed by atoms with E-state index in [2.05, 4.69) is 55.4 Å². The van der Waals surface area contributed by atoms with E-state index in [1.54, 1.807) is 0 Å². The molecule has 0 heterocycles. The van der Waals surface area contributed by atoms with Crippen molar-refractivity contribution < 1.29 is 4.74 Å². The summed E-state index contributed by atoms with van der Waals surface area (Å²) < 4.78 is 5.51. The lowest BCUT2D eigenvalue weighted by molar-refractivity contribution is 0.132. The molecule has 1 aromatic rings. The van der Waals surface area contributed by atoms with Gasteiger partial charge in [-0.2, -0.15) is 0 Å². The minimum absolute atomic E-state index is 0.821. The van der Waals surface area contributed by atoms with E-state index < -0.39 is 0 Å². The number of benzene rings is 1. The summed E-state index contributed by atoms with van der Waals surface area (Å²) in [5, 5.41) is 3.42. The van der Waals surface area contributed by atoms with Crippen LogP contribution in [-0.4, -0.2) is 44.8 Å². The van der Waals surface area contributed by atoms with Gasteiger partial charge in [0.1, 0.15) is 0 Å². The first-order valence-electron chi connectivity index (χ1n) is 7.75. The van der Waals surface area contributed by atoms with E-state index in [4.69, 9.17) is 4.74 Å². The molecule has 114 valence electrons.